The van der Waals surface area contributed by atoms with Gasteiger partial charge in [0.1, 0.15) is 0 Å². The standard InChI is InChI=1S/C57H43N3/c1-4-12-39(13-5-1)40-26-30-47(31-27-40)55-58-54(46-14-6-2-7-15-46)59-56(60-55)48-32-28-44(29-33-48)42-20-18-41(19-21-42)43-22-24-45(25-23-43)49-34-35-53-51(38-49)50-16-8-9-17-52(50)57(53)36-10-3-11-37-57/h1-2,4-9,12-35,38H,3,10-11,36-37H2. The Hall–Kier alpha value is -7.23. The van der Waals surface area contributed by atoms with E-state index in [0.29, 0.717) is 17.5 Å². The molecular formula is C57H43N3. The highest BCUT2D eigenvalue weighted by molar-refractivity contribution is 5.85. The molecule has 1 saturated carbocycles. The van der Waals surface area contributed by atoms with Crippen LogP contribution in [0, 0.1) is 0 Å². The van der Waals surface area contributed by atoms with Crippen LogP contribution >= 0.6 is 0 Å². The number of fused-ring (bicyclic) bond motifs is 5. The molecule has 286 valence electrons. The highest BCUT2D eigenvalue weighted by Gasteiger charge is 2.43. The summed E-state index contributed by atoms with van der Waals surface area (Å²) in [6.07, 6.45) is 6.51. The molecular weight excluding hydrogens is 727 g/mol. The molecule has 1 fully saturated rings. The molecule has 0 bridgehead atoms. The number of aromatic nitrogens is 3. The first-order valence-corrected chi connectivity index (χ1v) is 21.2. The van der Waals surface area contributed by atoms with Gasteiger partial charge in [0.2, 0.25) is 0 Å². The van der Waals surface area contributed by atoms with Crippen LogP contribution in [0.5, 0.6) is 0 Å². The first-order chi connectivity index (χ1) is 29.7. The van der Waals surface area contributed by atoms with Gasteiger partial charge in [-0.25, -0.2) is 15.0 Å². The van der Waals surface area contributed by atoms with Crippen LogP contribution in [-0.2, 0) is 5.41 Å². The molecule has 1 spiro atoms. The number of rotatable bonds is 7. The second kappa shape index (κ2) is 15.2. The van der Waals surface area contributed by atoms with Gasteiger partial charge in [-0.3, -0.25) is 0 Å². The van der Waals surface area contributed by atoms with Crippen LogP contribution < -0.4 is 0 Å². The maximum Gasteiger partial charge on any atom is 0.164 e. The van der Waals surface area contributed by atoms with Gasteiger partial charge >= 0.3 is 0 Å². The lowest BCUT2D eigenvalue weighted by Crippen LogP contribution is -2.27. The molecule has 9 aromatic rings. The van der Waals surface area contributed by atoms with E-state index in [1.807, 2.05) is 36.4 Å². The summed E-state index contributed by atoms with van der Waals surface area (Å²) in [6, 6.07) is 71.8. The number of nitrogens with zero attached hydrogens (tertiary/aromatic N) is 3. The minimum atomic E-state index is 0.197. The van der Waals surface area contributed by atoms with Crippen molar-refractivity contribution in [1.29, 1.82) is 0 Å². The zero-order valence-electron chi connectivity index (χ0n) is 33.4. The molecule has 0 atom stereocenters. The third-order valence-electron chi connectivity index (χ3n) is 12.8. The van der Waals surface area contributed by atoms with Gasteiger partial charge < -0.3 is 0 Å². The summed E-state index contributed by atoms with van der Waals surface area (Å²) in [6.45, 7) is 0. The average molecular weight is 770 g/mol. The van der Waals surface area contributed by atoms with E-state index in [1.54, 1.807) is 5.56 Å². The predicted molar refractivity (Wildman–Crippen MR) is 247 cm³/mol. The van der Waals surface area contributed by atoms with Crippen molar-refractivity contribution in [3.05, 3.63) is 211 Å². The smallest absolute Gasteiger partial charge is 0.164 e. The topological polar surface area (TPSA) is 38.7 Å². The molecule has 0 radical (unpaired) electrons. The van der Waals surface area contributed by atoms with Crippen LogP contribution in [0.25, 0.3) is 89.8 Å². The Labute approximate surface area is 352 Å². The van der Waals surface area contributed by atoms with E-state index < -0.39 is 0 Å². The lowest BCUT2D eigenvalue weighted by molar-refractivity contribution is 0.353. The summed E-state index contributed by atoms with van der Waals surface area (Å²) in [5.74, 6) is 1.95. The highest BCUT2D eigenvalue weighted by Crippen LogP contribution is 2.56. The molecule has 2 aliphatic rings. The largest absolute Gasteiger partial charge is 0.208 e. The van der Waals surface area contributed by atoms with Crippen molar-refractivity contribution in [3.8, 4) is 89.8 Å². The van der Waals surface area contributed by atoms with Crippen LogP contribution in [0.1, 0.15) is 43.2 Å². The van der Waals surface area contributed by atoms with Crippen molar-refractivity contribution < 1.29 is 0 Å². The molecule has 60 heavy (non-hydrogen) atoms. The van der Waals surface area contributed by atoms with E-state index in [2.05, 4.69) is 164 Å². The van der Waals surface area contributed by atoms with E-state index in [9.17, 15) is 0 Å². The molecule has 0 saturated heterocycles. The Kier molecular flexibility index (Phi) is 9.08. The fourth-order valence-electron chi connectivity index (χ4n) is 9.65. The quantitative estimate of drug-likeness (QED) is 0.162. The van der Waals surface area contributed by atoms with Gasteiger partial charge in [-0.2, -0.15) is 0 Å². The van der Waals surface area contributed by atoms with Gasteiger partial charge in [-0.05, 0) is 85.7 Å². The van der Waals surface area contributed by atoms with Crippen molar-refractivity contribution in [2.45, 2.75) is 37.5 Å². The second-order valence-corrected chi connectivity index (χ2v) is 16.3. The Balaban J connectivity index is 0.834. The SMILES string of the molecule is c1ccc(-c2ccc(-c3nc(-c4ccccc4)nc(-c4ccc(-c5ccc(-c6ccc(-c7ccc8c(c7)-c7ccccc7C87CCCCC7)cc6)cc5)cc4)n3)cc2)cc1. The molecule has 11 rings (SSSR count). The first-order valence-electron chi connectivity index (χ1n) is 21.2. The van der Waals surface area contributed by atoms with Crippen LogP contribution in [0.15, 0.2) is 200 Å². The van der Waals surface area contributed by atoms with E-state index in [4.69, 9.17) is 15.0 Å². The molecule has 3 nitrogen and oxygen atoms in total. The summed E-state index contributed by atoms with van der Waals surface area (Å²) in [4.78, 5) is 14.9. The lowest BCUT2D eigenvalue weighted by atomic mass is 9.68. The van der Waals surface area contributed by atoms with Crippen molar-refractivity contribution in [3.63, 3.8) is 0 Å². The molecule has 8 aromatic carbocycles. The Morgan fingerprint density at radius 3 is 1.08 bits per heavy atom. The molecule has 2 aliphatic carbocycles. The van der Waals surface area contributed by atoms with Crippen LogP contribution in [-0.4, -0.2) is 15.0 Å². The molecule has 0 aliphatic heterocycles. The summed E-state index contributed by atoms with van der Waals surface area (Å²) in [5.41, 5.74) is 18.6. The van der Waals surface area contributed by atoms with Gasteiger partial charge in [0.25, 0.3) is 0 Å². The maximum atomic E-state index is 4.99. The number of benzene rings is 8. The van der Waals surface area contributed by atoms with Gasteiger partial charge in [0.15, 0.2) is 17.5 Å². The molecule has 0 unspecified atom stereocenters. The van der Waals surface area contributed by atoms with Gasteiger partial charge in [-0.1, -0.05) is 213 Å². The van der Waals surface area contributed by atoms with Crippen molar-refractivity contribution in [2.75, 3.05) is 0 Å². The maximum absolute atomic E-state index is 4.99. The first kappa shape index (κ1) is 35.9. The van der Waals surface area contributed by atoms with E-state index >= 15 is 0 Å². The fourth-order valence-corrected chi connectivity index (χ4v) is 9.65. The zero-order valence-corrected chi connectivity index (χ0v) is 33.4. The minimum absolute atomic E-state index is 0.197. The van der Waals surface area contributed by atoms with Crippen LogP contribution in [0.3, 0.4) is 0 Å². The van der Waals surface area contributed by atoms with E-state index in [1.165, 1.54) is 76.6 Å². The van der Waals surface area contributed by atoms with E-state index in [-0.39, 0.29) is 5.41 Å². The monoisotopic (exact) mass is 769 g/mol. The Bertz CT molecular complexity index is 2950. The summed E-state index contributed by atoms with van der Waals surface area (Å²) in [7, 11) is 0. The molecule has 0 amide bonds. The predicted octanol–water partition coefficient (Wildman–Crippen LogP) is 14.8. The minimum Gasteiger partial charge on any atom is -0.208 e. The molecule has 1 aromatic heterocycles. The highest BCUT2D eigenvalue weighted by atomic mass is 15.0. The third-order valence-corrected chi connectivity index (χ3v) is 12.8. The molecule has 0 N–H and O–H groups in total. The lowest BCUT2D eigenvalue weighted by Gasteiger charge is -2.36. The van der Waals surface area contributed by atoms with Crippen molar-refractivity contribution in [1.82, 2.24) is 15.0 Å². The normalized spacial score (nSPS) is 13.8. The van der Waals surface area contributed by atoms with Crippen LogP contribution in [0.4, 0.5) is 0 Å². The third kappa shape index (κ3) is 6.53. The van der Waals surface area contributed by atoms with Gasteiger partial charge in [-0.15, -0.1) is 0 Å². The Morgan fingerprint density at radius 1 is 0.267 bits per heavy atom. The summed E-state index contributed by atoms with van der Waals surface area (Å²) >= 11 is 0. The summed E-state index contributed by atoms with van der Waals surface area (Å²) < 4.78 is 0. The van der Waals surface area contributed by atoms with E-state index in [0.717, 1.165) is 33.4 Å². The molecule has 3 heteroatoms. The second-order valence-electron chi connectivity index (χ2n) is 16.3. The average Bonchev–Trinajstić information content (AvgIpc) is 3.60. The number of hydrogen-bond acceptors (Lipinski definition) is 3. The van der Waals surface area contributed by atoms with Crippen LogP contribution in [0.2, 0.25) is 0 Å². The summed E-state index contributed by atoms with van der Waals surface area (Å²) in [5, 5.41) is 0. The molecule has 1 heterocycles. The fraction of sp³-hybridized carbons (Fsp3) is 0.105. The Morgan fingerprint density at radius 2 is 0.600 bits per heavy atom. The number of hydrogen-bond donors (Lipinski definition) is 0. The van der Waals surface area contributed by atoms with Crippen molar-refractivity contribution in [2.24, 2.45) is 0 Å². The van der Waals surface area contributed by atoms with Crippen molar-refractivity contribution >= 4 is 0 Å². The van der Waals surface area contributed by atoms with Gasteiger partial charge in [0, 0.05) is 22.1 Å². The zero-order chi connectivity index (χ0) is 39.9. The van der Waals surface area contributed by atoms with Gasteiger partial charge in [0.05, 0.1) is 0 Å².